The maximum Gasteiger partial charge on any atom is 0.337 e. The molecule has 6 heteroatoms. The molecule has 0 radical (unpaired) electrons. The minimum atomic E-state index is -0.811. The Hall–Kier alpha value is -2.76. The summed E-state index contributed by atoms with van der Waals surface area (Å²) in [6.45, 7) is 0. The molecule has 21 heavy (non-hydrogen) atoms. The SMILES string of the molecule is COC(=O)c1ccc(F)c(NC(=O)c2ccccc2F)c1. The maximum absolute atomic E-state index is 13.7. The van der Waals surface area contributed by atoms with Crippen LogP contribution < -0.4 is 5.32 Å². The minimum absolute atomic E-state index is 0.0720. The summed E-state index contributed by atoms with van der Waals surface area (Å²) in [4.78, 5) is 23.3. The van der Waals surface area contributed by atoms with E-state index in [2.05, 4.69) is 10.1 Å². The lowest BCUT2D eigenvalue weighted by atomic mass is 10.1. The van der Waals surface area contributed by atoms with Gasteiger partial charge in [-0.25, -0.2) is 13.6 Å². The Morgan fingerprint density at radius 2 is 1.76 bits per heavy atom. The molecular formula is C15H11F2NO3. The van der Waals surface area contributed by atoms with Crippen molar-refractivity contribution < 1.29 is 23.1 Å². The Bertz CT molecular complexity index is 701. The molecule has 0 aliphatic rings. The number of carbonyl (C=O) groups is 2. The van der Waals surface area contributed by atoms with Crippen LogP contribution >= 0.6 is 0 Å². The summed E-state index contributed by atoms with van der Waals surface area (Å²) in [5.41, 5.74) is -0.380. The van der Waals surface area contributed by atoms with E-state index in [0.29, 0.717) is 0 Å². The second-order valence-corrected chi connectivity index (χ2v) is 4.12. The van der Waals surface area contributed by atoms with Crippen LogP contribution in [0.1, 0.15) is 20.7 Å². The second-order valence-electron chi connectivity index (χ2n) is 4.12. The van der Waals surface area contributed by atoms with Gasteiger partial charge in [-0.3, -0.25) is 4.79 Å². The van der Waals surface area contributed by atoms with Crippen molar-refractivity contribution in [1.29, 1.82) is 0 Å². The van der Waals surface area contributed by atoms with Crippen molar-refractivity contribution in [3.63, 3.8) is 0 Å². The summed E-state index contributed by atoms with van der Waals surface area (Å²) in [7, 11) is 1.18. The first kappa shape index (κ1) is 14.6. The van der Waals surface area contributed by atoms with Crippen LogP contribution in [-0.4, -0.2) is 19.0 Å². The number of esters is 1. The van der Waals surface area contributed by atoms with Crippen molar-refractivity contribution >= 4 is 17.6 Å². The number of rotatable bonds is 3. The highest BCUT2D eigenvalue weighted by Crippen LogP contribution is 2.18. The fourth-order valence-electron chi connectivity index (χ4n) is 1.70. The summed E-state index contributed by atoms with van der Waals surface area (Å²) >= 11 is 0. The van der Waals surface area contributed by atoms with E-state index >= 15 is 0 Å². The van der Waals surface area contributed by atoms with Crippen LogP contribution in [0.3, 0.4) is 0 Å². The zero-order valence-corrected chi connectivity index (χ0v) is 11.0. The van der Waals surface area contributed by atoms with Crippen molar-refractivity contribution in [3.05, 3.63) is 65.2 Å². The zero-order chi connectivity index (χ0) is 15.4. The summed E-state index contributed by atoms with van der Waals surface area (Å²) in [5, 5.41) is 2.22. The molecule has 0 heterocycles. The molecule has 1 amide bonds. The predicted octanol–water partition coefficient (Wildman–Crippen LogP) is 3.00. The molecule has 0 aliphatic heterocycles. The Labute approximate surface area is 119 Å². The number of amides is 1. The van der Waals surface area contributed by atoms with Gasteiger partial charge in [-0.1, -0.05) is 12.1 Å². The molecule has 0 atom stereocenters. The predicted molar refractivity (Wildman–Crippen MR) is 72.1 cm³/mol. The van der Waals surface area contributed by atoms with Gasteiger partial charge in [-0.05, 0) is 30.3 Å². The number of ether oxygens (including phenoxy) is 1. The van der Waals surface area contributed by atoms with E-state index in [0.717, 1.165) is 18.2 Å². The molecule has 108 valence electrons. The van der Waals surface area contributed by atoms with Crippen LogP contribution in [-0.2, 0) is 4.74 Å². The number of benzene rings is 2. The van der Waals surface area contributed by atoms with Crippen LogP contribution in [0.5, 0.6) is 0 Å². The molecule has 0 bridgehead atoms. The van der Waals surface area contributed by atoms with E-state index in [1.165, 1.54) is 31.4 Å². The number of hydrogen-bond acceptors (Lipinski definition) is 3. The number of halogens is 2. The Morgan fingerprint density at radius 1 is 1.05 bits per heavy atom. The summed E-state index contributed by atoms with van der Waals surface area (Å²) in [5.74, 6) is -2.95. The van der Waals surface area contributed by atoms with Crippen LogP contribution in [0.25, 0.3) is 0 Å². The smallest absolute Gasteiger partial charge is 0.337 e. The van der Waals surface area contributed by atoms with Gasteiger partial charge in [0.2, 0.25) is 0 Å². The largest absolute Gasteiger partial charge is 0.465 e. The highest BCUT2D eigenvalue weighted by atomic mass is 19.1. The third-order valence-electron chi connectivity index (χ3n) is 2.75. The number of carbonyl (C=O) groups excluding carboxylic acids is 2. The van der Waals surface area contributed by atoms with Crippen molar-refractivity contribution in [2.75, 3.05) is 12.4 Å². The van der Waals surface area contributed by atoms with Crippen LogP contribution in [0, 0.1) is 11.6 Å². The Morgan fingerprint density at radius 3 is 2.43 bits per heavy atom. The molecule has 0 spiro atoms. The summed E-state index contributed by atoms with van der Waals surface area (Å²) in [6.07, 6.45) is 0. The fraction of sp³-hybridized carbons (Fsp3) is 0.0667. The molecule has 0 saturated heterocycles. The molecule has 0 saturated carbocycles. The van der Waals surface area contributed by atoms with E-state index in [-0.39, 0.29) is 16.8 Å². The van der Waals surface area contributed by atoms with E-state index in [9.17, 15) is 18.4 Å². The quantitative estimate of drug-likeness (QED) is 0.884. The number of anilines is 1. The average Bonchev–Trinajstić information content (AvgIpc) is 2.49. The van der Waals surface area contributed by atoms with Crippen LogP contribution in [0.2, 0.25) is 0 Å². The lowest BCUT2D eigenvalue weighted by Gasteiger charge is -2.08. The Balaban J connectivity index is 2.29. The monoisotopic (exact) mass is 291 g/mol. The number of methoxy groups -OCH3 is 1. The first-order valence-corrected chi connectivity index (χ1v) is 5.96. The van der Waals surface area contributed by atoms with Gasteiger partial charge < -0.3 is 10.1 Å². The van der Waals surface area contributed by atoms with Gasteiger partial charge in [0.1, 0.15) is 11.6 Å². The van der Waals surface area contributed by atoms with Gasteiger partial charge >= 0.3 is 5.97 Å². The minimum Gasteiger partial charge on any atom is -0.465 e. The second kappa shape index (κ2) is 6.13. The standard InChI is InChI=1S/C15H11F2NO3/c1-21-15(20)9-6-7-12(17)13(8-9)18-14(19)10-4-2-3-5-11(10)16/h2-8H,1H3,(H,18,19). The molecule has 2 aromatic carbocycles. The zero-order valence-electron chi connectivity index (χ0n) is 11.0. The number of nitrogens with one attached hydrogen (secondary N) is 1. The molecule has 0 aliphatic carbocycles. The van der Waals surface area contributed by atoms with Crippen molar-refractivity contribution in [2.45, 2.75) is 0 Å². The molecule has 2 aromatic rings. The van der Waals surface area contributed by atoms with Gasteiger partial charge in [-0.15, -0.1) is 0 Å². The van der Waals surface area contributed by atoms with Crippen molar-refractivity contribution in [2.24, 2.45) is 0 Å². The van der Waals surface area contributed by atoms with E-state index < -0.39 is 23.5 Å². The van der Waals surface area contributed by atoms with Gasteiger partial charge in [-0.2, -0.15) is 0 Å². The average molecular weight is 291 g/mol. The highest BCUT2D eigenvalue weighted by Gasteiger charge is 2.15. The summed E-state index contributed by atoms with van der Waals surface area (Å²) in [6, 6.07) is 8.68. The molecule has 0 fully saturated rings. The molecule has 1 N–H and O–H groups in total. The topological polar surface area (TPSA) is 55.4 Å². The Kier molecular flexibility index (Phi) is 4.27. The lowest BCUT2D eigenvalue weighted by molar-refractivity contribution is 0.0600. The first-order valence-electron chi connectivity index (χ1n) is 5.96. The van der Waals surface area contributed by atoms with Crippen molar-refractivity contribution in [3.8, 4) is 0 Å². The third kappa shape index (κ3) is 3.22. The lowest BCUT2D eigenvalue weighted by Crippen LogP contribution is -2.15. The van der Waals surface area contributed by atoms with Crippen molar-refractivity contribution in [1.82, 2.24) is 0 Å². The third-order valence-corrected chi connectivity index (χ3v) is 2.75. The normalized spacial score (nSPS) is 10.0. The van der Waals surface area contributed by atoms with E-state index in [1.807, 2.05) is 0 Å². The molecule has 2 rings (SSSR count). The molecule has 0 aromatic heterocycles. The molecular weight excluding hydrogens is 280 g/mol. The number of hydrogen-bond donors (Lipinski definition) is 1. The summed E-state index contributed by atoms with van der Waals surface area (Å²) < 4.78 is 31.6. The highest BCUT2D eigenvalue weighted by molar-refractivity contribution is 6.05. The first-order chi connectivity index (χ1) is 10.0. The molecule has 0 unspecified atom stereocenters. The van der Waals surface area contributed by atoms with Gasteiger partial charge in [0, 0.05) is 0 Å². The fourth-order valence-corrected chi connectivity index (χ4v) is 1.70. The van der Waals surface area contributed by atoms with Gasteiger partial charge in [0.05, 0.1) is 23.9 Å². The maximum atomic E-state index is 13.7. The van der Waals surface area contributed by atoms with Gasteiger partial charge in [0.15, 0.2) is 0 Å². The van der Waals surface area contributed by atoms with Crippen LogP contribution in [0.15, 0.2) is 42.5 Å². The van der Waals surface area contributed by atoms with Gasteiger partial charge in [0.25, 0.3) is 5.91 Å². The molecule has 4 nitrogen and oxygen atoms in total. The van der Waals surface area contributed by atoms with Crippen LogP contribution in [0.4, 0.5) is 14.5 Å². The van der Waals surface area contributed by atoms with E-state index in [4.69, 9.17) is 0 Å². The van der Waals surface area contributed by atoms with E-state index in [1.54, 1.807) is 0 Å².